The minimum absolute atomic E-state index is 0.0375. The van der Waals surface area contributed by atoms with Crippen molar-refractivity contribution in [3.63, 3.8) is 0 Å². The maximum Gasteiger partial charge on any atom is 0.238 e. The smallest absolute Gasteiger partial charge is 0.238 e. The number of nitrogens with one attached hydrogen (secondary N) is 1. The molecule has 0 radical (unpaired) electrons. The Balaban J connectivity index is 4.30. The average molecular weight is 264 g/mol. The highest BCUT2D eigenvalue weighted by molar-refractivity contribution is 7.93. The van der Waals surface area contributed by atoms with Crippen LogP contribution in [-0.4, -0.2) is 37.9 Å². The maximum atomic E-state index is 11.9. The van der Waals surface area contributed by atoms with Gasteiger partial charge in [-0.25, -0.2) is 8.42 Å². The quantitative estimate of drug-likeness (QED) is 0.623. The van der Waals surface area contributed by atoms with Gasteiger partial charge in [-0.05, 0) is 20.3 Å². The van der Waals surface area contributed by atoms with Crippen LogP contribution in [0.25, 0.3) is 0 Å². The highest BCUT2D eigenvalue weighted by Crippen LogP contribution is 2.08. The fourth-order valence-corrected chi connectivity index (χ4v) is 2.71. The molecule has 3 N–H and O–H groups in total. The Morgan fingerprint density at radius 2 is 1.88 bits per heavy atom. The van der Waals surface area contributed by atoms with E-state index in [1.54, 1.807) is 0 Å². The first kappa shape index (κ1) is 16.4. The summed E-state index contributed by atoms with van der Waals surface area (Å²) in [6.45, 7) is 5.57. The summed E-state index contributed by atoms with van der Waals surface area (Å²) in [4.78, 5) is 11.6. The van der Waals surface area contributed by atoms with E-state index in [-0.39, 0.29) is 6.54 Å². The van der Waals surface area contributed by atoms with Crippen LogP contribution in [0.5, 0.6) is 0 Å². The molecule has 0 rings (SSSR count). The van der Waals surface area contributed by atoms with E-state index in [9.17, 15) is 13.2 Å². The third kappa shape index (κ3) is 5.04. The summed E-state index contributed by atoms with van der Waals surface area (Å²) in [6, 6.07) is 0. The van der Waals surface area contributed by atoms with Crippen molar-refractivity contribution in [1.29, 1.82) is 0 Å². The van der Waals surface area contributed by atoms with Gasteiger partial charge in [0, 0.05) is 13.1 Å². The van der Waals surface area contributed by atoms with Gasteiger partial charge >= 0.3 is 0 Å². The third-order valence-corrected chi connectivity index (χ3v) is 5.35. The number of carbonyl (C=O) groups is 1. The molecule has 0 heterocycles. The fraction of sp³-hybridized carbons (Fsp3) is 0.909. The minimum atomic E-state index is -3.47. The van der Waals surface area contributed by atoms with Gasteiger partial charge in [0.05, 0.1) is 5.25 Å². The predicted molar refractivity (Wildman–Crippen MR) is 69.4 cm³/mol. The Kier molecular flexibility index (Phi) is 7.38. The van der Waals surface area contributed by atoms with E-state index in [0.717, 1.165) is 19.3 Å². The lowest BCUT2D eigenvalue weighted by Gasteiger charge is -2.17. The van der Waals surface area contributed by atoms with Crippen LogP contribution in [0.1, 0.15) is 40.0 Å². The number of unbranched alkanes of at least 4 members (excludes halogenated alkanes) is 2. The molecular weight excluding hydrogens is 240 g/mol. The summed E-state index contributed by atoms with van der Waals surface area (Å²) in [7, 11) is -3.47. The van der Waals surface area contributed by atoms with Crippen molar-refractivity contribution < 1.29 is 13.2 Å². The molecule has 2 atom stereocenters. The molecular formula is C11H24N2O3S. The minimum Gasteiger partial charge on any atom is -0.355 e. The Labute approximate surface area is 104 Å². The van der Waals surface area contributed by atoms with Crippen molar-refractivity contribution in [2.75, 3.05) is 13.1 Å². The molecule has 0 aromatic rings. The molecule has 0 aromatic heterocycles. The predicted octanol–water partition coefficient (Wildman–Crippen LogP) is 0.443. The molecule has 0 spiro atoms. The van der Waals surface area contributed by atoms with Gasteiger partial charge < -0.3 is 11.1 Å². The Hall–Kier alpha value is -0.620. The zero-order valence-electron chi connectivity index (χ0n) is 10.9. The van der Waals surface area contributed by atoms with E-state index in [1.807, 2.05) is 0 Å². The number of sulfone groups is 1. The van der Waals surface area contributed by atoms with Crippen molar-refractivity contribution in [3.8, 4) is 0 Å². The molecule has 6 heteroatoms. The molecule has 102 valence electrons. The van der Waals surface area contributed by atoms with Gasteiger partial charge in [-0.3, -0.25) is 4.79 Å². The molecule has 0 aliphatic rings. The van der Waals surface area contributed by atoms with Crippen LogP contribution in [0.4, 0.5) is 0 Å². The summed E-state index contributed by atoms with van der Waals surface area (Å²) >= 11 is 0. The van der Waals surface area contributed by atoms with Crippen LogP contribution in [0, 0.1) is 0 Å². The Bertz CT molecular complexity index is 328. The summed E-state index contributed by atoms with van der Waals surface area (Å²) in [6.07, 6.45) is 2.97. The van der Waals surface area contributed by atoms with Gasteiger partial charge in [0.1, 0.15) is 5.25 Å². The first-order valence-electron chi connectivity index (χ1n) is 6.08. The van der Waals surface area contributed by atoms with E-state index in [2.05, 4.69) is 12.2 Å². The van der Waals surface area contributed by atoms with Crippen LogP contribution in [-0.2, 0) is 14.6 Å². The summed E-state index contributed by atoms with van der Waals surface area (Å²) in [5, 5.41) is 0.937. The second-order valence-corrected chi connectivity index (χ2v) is 6.97. The normalized spacial score (nSPS) is 15.3. The first-order chi connectivity index (χ1) is 7.87. The van der Waals surface area contributed by atoms with Gasteiger partial charge in [0.15, 0.2) is 9.84 Å². The van der Waals surface area contributed by atoms with Crippen molar-refractivity contribution in [2.45, 2.75) is 50.5 Å². The largest absolute Gasteiger partial charge is 0.355 e. The highest BCUT2D eigenvalue weighted by atomic mass is 32.2. The average Bonchev–Trinajstić information content (AvgIpc) is 2.32. The zero-order valence-corrected chi connectivity index (χ0v) is 11.7. The molecule has 0 fully saturated rings. The van der Waals surface area contributed by atoms with E-state index in [4.69, 9.17) is 5.73 Å². The molecule has 0 aliphatic carbocycles. The lowest BCUT2D eigenvalue weighted by Crippen LogP contribution is -2.43. The topological polar surface area (TPSA) is 89.3 Å². The second-order valence-electron chi connectivity index (χ2n) is 4.28. The zero-order chi connectivity index (χ0) is 13.5. The van der Waals surface area contributed by atoms with Crippen molar-refractivity contribution in [1.82, 2.24) is 5.32 Å². The molecule has 0 bridgehead atoms. The van der Waals surface area contributed by atoms with Crippen LogP contribution in [0.2, 0.25) is 0 Å². The lowest BCUT2D eigenvalue weighted by molar-refractivity contribution is -0.120. The second kappa shape index (κ2) is 7.66. The van der Waals surface area contributed by atoms with Gasteiger partial charge in [-0.15, -0.1) is 0 Å². The molecule has 5 nitrogen and oxygen atoms in total. The van der Waals surface area contributed by atoms with Crippen LogP contribution >= 0.6 is 0 Å². The third-order valence-electron chi connectivity index (χ3n) is 2.83. The Morgan fingerprint density at radius 1 is 1.29 bits per heavy atom. The summed E-state index contributed by atoms with van der Waals surface area (Å²) in [5.41, 5.74) is 5.32. The lowest BCUT2D eigenvalue weighted by atomic mass is 10.2. The number of hydrogen-bond donors (Lipinski definition) is 2. The van der Waals surface area contributed by atoms with Gasteiger partial charge in [-0.2, -0.15) is 0 Å². The van der Waals surface area contributed by atoms with Gasteiger partial charge in [0.25, 0.3) is 0 Å². The fourth-order valence-electron chi connectivity index (χ4n) is 1.36. The number of nitrogens with two attached hydrogens (primary N) is 1. The molecule has 0 aromatic carbocycles. The SMILES string of the molecule is CCCCCNC(=O)C(C)S(=O)(=O)C(C)CN. The number of carbonyl (C=O) groups excluding carboxylic acids is 1. The van der Waals surface area contributed by atoms with Gasteiger partial charge in [-0.1, -0.05) is 19.8 Å². The standard InChI is InChI=1S/C11H24N2O3S/c1-4-5-6-7-13-11(14)10(3)17(15,16)9(2)8-12/h9-10H,4-8,12H2,1-3H3,(H,13,14). The number of hydrogen-bond acceptors (Lipinski definition) is 4. The monoisotopic (exact) mass is 264 g/mol. The van der Waals surface area contributed by atoms with Crippen molar-refractivity contribution >= 4 is 15.7 Å². The summed E-state index contributed by atoms with van der Waals surface area (Å²) < 4.78 is 23.7. The molecule has 0 saturated carbocycles. The van der Waals surface area contributed by atoms with Crippen molar-refractivity contribution in [3.05, 3.63) is 0 Å². The van der Waals surface area contributed by atoms with E-state index in [1.165, 1.54) is 13.8 Å². The Morgan fingerprint density at radius 3 is 2.35 bits per heavy atom. The highest BCUT2D eigenvalue weighted by Gasteiger charge is 2.31. The summed E-state index contributed by atoms with van der Waals surface area (Å²) in [5.74, 6) is -0.429. The number of amides is 1. The van der Waals surface area contributed by atoms with Crippen LogP contribution < -0.4 is 11.1 Å². The molecule has 2 unspecified atom stereocenters. The van der Waals surface area contributed by atoms with Crippen LogP contribution in [0.15, 0.2) is 0 Å². The number of rotatable bonds is 8. The van der Waals surface area contributed by atoms with Crippen molar-refractivity contribution in [2.24, 2.45) is 5.73 Å². The molecule has 0 aliphatic heterocycles. The van der Waals surface area contributed by atoms with Gasteiger partial charge in [0.2, 0.25) is 5.91 Å². The van der Waals surface area contributed by atoms with E-state index < -0.39 is 26.2 Å². The molecule has 0 saturated heterocycles. The molecule has 1 amide bonds. The van der Waals surface area contributed by atoms with E-state index >= 15 is 0 Å². The van der Waals surface area contributed by atoms with E-state index in [0.29, 0.717) is 6.54 Å². The first-order valence-corrected chi connectivity index (χ1v) is 7.69. The maximum absolute atomic E-state index is 11.9. The molecule has 17 heavy (non-hydrogen) atoms. The van der Waals surface area contributed by atoms with Crippen LogP contribution in [0.3, 0.4) is 0 Å².